The molecular weight excluding hydrogens is 359 g/mol. The maximum Gasteiger partial charge on any atom is 0.0843 e. The zero-order valence-electron chi connectivity index (χ0n) is 8.05. The predicted molar refractivity (Wildman–Crippen MR) is 72.6 cm³/mol. The van der Waals surface area contributed by atoms with E-state index in [4.69, 9.17) is 11.6 Å². The fourth-order valence-corrected chi connectivity index (χ4v) is 5.70. The Morgan fingerprint density at radius 1 is 1.33 bits per heavy atom. The van der Waals surface area contributed by atoms with Crippen LogP contribution in [0.2, 0.25) is 0 Å². The first-order valence-corrected chi connectivity index (χ1v) is 8.11. The molecule has 1 heterocycles. The van der Waals surface area contributed by atoms with Crippen LogP contribution in [0.15, 0.2) is 14.3 Å². The monoisotopic (exact) mass is 368 g/mol. The predicted octanol–water partition coefficient (Wildman–Crippen LogP) is 5.60. The summed E-state index contributed by atoms with van der Waals surface area (Å²) < 4.78 is 2.30. The fraction of sp³-hybridized carbons (Fsp3) is 0.636. The van der Waals surface area contributed by atoms with Gasteiger partial charge >= 0.3 is 0 Å². The van der Waals surface area contributed by atoms with Gasteiger partial charge in [-0.25, -0.2) is 0 Å². The minimum atomic E-state index is 0.243. The first kappa shape index (κ1) is 11.1. The lowest BCUT2D eigenvalue weighted by atomic mass is 10.1. The van der Waals surface area contributed by atoms with Crippen LogP contribution in [0.25, 0.3) is 0 Å². The van der Waals surface area contributed by atoms with E-state index in [0.29, 0.717) is 0 Å². The lowest BCUT2D eigenvalue weighted by Gasteiger charge is -2.08. The van der Waals surface area contributed by atoms with E-state index >= 15 is 0 Å². The SMILES string of the molecule is ClC(c1cc(Br)c(Br)s1)C1C2CCCC21. The topological polar surface area (TPSA) is 0 Å². The average molecular weight is 371 g/mol. The van der Waals surface area contributed by atoms with Crippen molar-refractivity contribution >= 4 is 54.8 Å². The third kappa shape index (κ3) is 1.84. The third-order valence-electron chi connectivity index (χ3n) is 3.75. The van der Waals surface area contributed by atoms with Crippen molar-refractivity contribution in [3.63, 3.8) is 0 Å². The summed E-state index contributed by atoms with van der Waals surface area (Å²) in [6, 6.07) is 2.17. The van der Waals surface area contributed by atoms with E-state index in [1.54, 1.807) is 11.3 Å². The molecule has 3 atom stereocenters. The number of alkyl halides is 1. The second-order valence-electron chi connectivity index (χ2n) is 4.51. The number of fused-ring (bicyclic) bond motifs is 1. The van der Waals surface area contributed by atoms with Gasteiger partial charge in [0.05, 0.1) is 9.16 Å². The van der Waals surface area contributed by atoms with Gasteiger partial charge in [0.15, 0.2) is 0 Å². The van der Waals surface area contributed by atoms with Crippen molar-refractivity contribution in [2.45, 2.75) is 24.6 Å². The highest BCUT2D eigenvalue weighted by atomic mass is 79.9. The van der Waals surface area contributed by atoms with E-state index in [9.17, 15) is 0 Å². The quantitative estimate of drug-likeness (QED) is 0.595. The van der Waals surface area contributed by atoms with Gasteiger partial charge in [-0.15, -0.1) is 22.9 Å². The van der Waals surface area contributed by atoms with Gasteiger partial charge in [0.2, 0.25) is 0 Å². The average Bonchev–Trinajstić information content (AvgIpc) is 2.59. The molecule has 0 N–H and O–H groups in total. The second-order valence-corrected chi connectivity index (χ2v) is 8.23. The Balaban J connectivity index is 1.77. The Hall–Kier alpha value is 0.950. The Bertz CT molecular complexity index is 360. The Labute approximate surface area is 116 Å². The van der Waals surface area contributed by atoms with Gasteiger partial charge in [0, 0.05) is 9.35 Å². The summed E-state index contributed by atoms with van der Waals surface area (Å²) in [5.41, 5.74) is 0. The first-order valence-electron chi connectivity index (χ1n) is 5.27. The Morgan fingerprint density at radius 3 is 2.53 bits per heavy atom. The Kier molecular flexibility index (Phi) is 2.95. The minimum absolute atomic E-state index is 0.243. The summed E-state index contributed by atoms with van der Waals surface area (Å²) >= 11 is 15.4. The lowest BCUT2D eigenvalue weighted by molar-refractivity contribution is 0.577. The molecule has 0 spiro atoms. The summed E-state index contributed by atoms with van der Waals surface area (Å²) in [5.74, 6) is 2.64. The van der Waals surface area contributed by atoms with Crippen molar-refractivity contribution in [1.29, 1.82) is 0 Å². The Morgan fingerprint density at radius 2 is 2.00 bits per heavy atom. The molecule has 1 aromatic heterocycles. The highest BCUT2D eigenvalue weighted by Crippen LogP contribution is 2.64. The smallest absolute Gasteiger partial charge is 0.0843 e. The van der Waals surface area contributed by atoms with Gasteiger partial charge in [0.1, 0.15) is 0 Å². The highest BCUT2D eigenvalue weighted by Gasteiger charge is 2.56. The van der Waals surface area contributed by atoms with Crippen molar-refractivity contribution in [3.05, 3.63) is 19.2 Å². The zero-order chi connectivity index (χ0) is 10.6. The van der Waals surface area contributed by atoms with Crippen LogP contribution in [-0.4, -0.2) is 0 Å². The van der Waals surface area contributed by atoms with Crippen molar-refractivity contribution < 1.29 is 0 Å². The van der Waals surface area contributed by atoms with Gasteiger partial charge in [-0.2, -0.15) is 0 Å². The molecule has 2 aliphatic rings. The van der Waals surface area contributed by atoms with Crippen molar-refractivity contribution in [2.24, 2.45) is 17.8 Å². The van der Waals surface area contributed by atoms with E-state index in [1.807, 2.05) is 0 Å². The number of thiophene rings is 1. The normalized spacial score (nSPS) is 35.3. The van der Waals surface area contributed by atoms with Crippen LogP contribution in [-0.2, 0) is 0 Å². The van der Waals surface area contributed by atoms with Crippen molar-refractivity contribution in [1.82, 2.24) is 0 Å². The molecule has 0 saturated heterocycles. The van der Waals surface area contributed by atoms with Crippen LogP contribution in [0.1, 0.15) is 29.5 Å². The molecule has 2 saturated carbocycles. The van der Waals surface area contributed by atoms with Gasteiger partial charge in [-0.3, -0.25) is 0 Å². The largest absolute Gasteiger partial charge is 0.130 e. The van der Waals surface area contributed by atoms with Gasteiger partial charge in [0.25, 0.3) is 0 Å². The number of hydrogen-bond acceptors (Lipinski definition) is 1. The maximum atomic E-state index is 6.56. The van der Waals surface area contributed by atoms with Crippen LogP contribution in [0.3, 0.4) is 0 Å². The van der Waals surface area contributed by atoms with E-state index in [0.717, 1.165) is 26.0 Å². The summed E-state index contributed by atoms with van der Waals surface area (Å²) in [6.45, 7) is 0. The summed E-state index contributed by atoms with van der Waals surface area (Å²) in [4.78, 5) is 1.31. The molecule has 2 fully saturated rings. The second kappa shape index (κ2) is 4.01. The summed E-state index contributed by atoms with van der Waals surface area (Å²) in [6.07, 6.45) is 4.24. The molecule has 0 nitrogen and oxygen atoms in total. The molecule has 2 aliphatic carbocycles. The number of hydrogen-bond donors (Lipinski definition) is 0. The van der Waals surface area contributed by atoms with Crippen molar-refractivity contribution in [2.75, 3.05) is 0 Å². The van der Waals surface area contributed by atoms with Gasteiger partial charge in [-0.05, 0) is 68.5 Å². The maximum absolute atomic E-state index is 6.56. The highest BCUT2D eigenvalue weighted by molar-refractivity contribution is 9.13. The molecule has 3 rings (SSSR count). The summed E-state index contributed by atoms with van der Waals surface area (Å²) in [7, 11) is 0. The minimum Gasteiger partial charge on any atom is -0.130 e. The van der Waals surface area contributed by atoms with E-state index in [1.165, 1.54) is 24.1 Å². The van der Waals surface area contributed by atoms with E-state index < -0.39 is 0 Å². The molecule has 82 valence electrons. The zero-order valence-corrected chi connectivity index (χ0v) is 12.8. The van der Waals surface area contributed by atoms with Crippen LogP contribution < -0.4 is 0 Å². The van der Waals surface area contributed by atoms with Crippen LogP contribution in [0, 0.1) is 17.8 Å². The number of rotatable bonds is 2. The fourth-order valence-electron chi connectivity index (χ4n) is 3.00. The first-order chi connectivity index (χ1) is 7.18. The molecule has 4 heteroatoms. The third-order valence-corrected chi connectivity index (χ3v) is 7.74. The number of halogens is 3. The molecule has 3 unspecified atom stereocenters. The van der Waals surface area contributed by atoms with Gasteiger partial charge < -0.3 is 0 Å². The molecule has 0 amide bonds. The molecule has 0 aromatic carbocycles. The van der Waals surface area contributed by atoms with Crippen LogP contribution >= 0.6 is 54.8 Å². The van der Waals surface area contributed by atoms with E-state index in [-0.39, 0.29) is 5.38 Å². The molecular formula is C11H11Br2ClS. The molecule has 15 heavy (non-hydrogen) atoms. The molecule has 0 bridgehead atoms. The van der Waals surface area contributed by atoms with Crippen LogP contribution in [0.5, 0.6) is 0 Å². The molecule has 1 aromatic rings. The molecule has 0 radical (unpaired) electrons. The van der Waals surface area contributed by atoms with E-state index in [2.05, 4.69) is 37.9 Å². The lowest BCUT2D eigenvalue weighted by Crippen LogP contribution is -1.95. The van der Waals surface area contributed by atoms with Crippen LogP contribution in [0.4, 0.5) is 0 Å². The molecule has 0 aliphatic heterocycles. The van der Waals surface area contributed by atoms with Gasteiger partial charge in [-0.1, -0.05) is 6.42 Å². The summed E-state index contributed by atoms with van der Waals surface area (Å²) in [5, 5.41) is 0.243. The van der Waals surface area contributed by atoms with Crippen molar-refractivity contribution in [3.8, 4) is 0 Å². The standard InChI is InChI=1S/C11H11Br2ClS/c12-7-4-8(15-11(7)13)10(14)9-5-2-1-3-6(5)9/h4-6,9-10H,1-3H2.